The van der Waals surface area contributed by atoms with Crippen molar-refractivity contribution < 1.29 is 4.79 Å². The monoisotopic (exact) mass is 408 g/mol. The minimum absolute atomic E-state index is 0.186. The van der Waals surface area contributed by atoms with Crippen LogP contribution in [0.1, 0.15) is 53.8 Å². The number of aryl methyl sites for hydroxylation is 2. The van der Waals surface area contributed by atoms with E-state index in [1.807, 2.05) is 56.3 Å². The predicted octanol–water partition coefficient (Wildman–Crippen LogP) is 5.27. The van der Waals surface area contributed by atoms with E-state index >= 15 is 0 Å². The first-order chi connectivity index (χ1) is 14.0. The van der Waals surface area contributed by atoms with Crippen LogP contribution < -0.4 is 5.32 Å². The standard InChI is InChI=1S/C23H25ClN4O/c1-15-8-11-17(12-9-15)22-26-21(23(29)25-19-6-4-3-5-7-19)27-28(22)20-14-18(24)13-10-16(20)2/h8-14,19H,3-7H2,1-2H3,(H,25,29). The lowest BCUT2D eigenvalue weighted by molar-refractivity contribution is 0.0917. The summed E-state index contributed by atoms with van der Waals surface area (Å²) in [5.74, 6) is 0.596. The second kappa shape index (κ2) is 8.37. The SMILES string of the molecule is Cc1ccc(-c2nc(C(=O)NC3CCCCC3)nn2-c2cc(Cl)ccc2C)cc1. The molecule has 1 saturated carbocycles. The van der Waals surface area contributed by atoms with E-state index in [1.165, 1.54) is 6.42 Å². The highest BCUT2D eigenvalue weighted by molar-refractivity contribution is 6.30. The summed E-state index contributed by atoms with van der Waals surface area (Å²) in [6.45, 7) is 4.03. The molecule has 0 unspecified atom stereocenters. The first kappa shape index (κ1) is 19.6. The van der Waals surface area contributed by atoms with E-state index in [-0.39, 0.29) is 17.8 Å². The molecular formula is C23H25ClN4O. The van der Waals surface area contributed by atoms with E-state index in [0.717, 1.165) is 48.1 Å². The Hall–Kier alpha value is -2.66. The van der Waals surface area contributed by atoms with Gasteiger partial charge in [0, 0.05) is 16.6 Å². The lowest BCUT2D eigenvalue weighted by Crippen LogP contribution is -2.36. The normalized spacial score (nSPS) is 14.7. The number of rotatable bonds is 4. The smallest absolute Gasteiger partial charge is 0.291 e. The van der Waals surface area contributed by atoms with Crippen LogP contribution in [0, 0.1) is 13.8 Å². The van der Waals surface area contributed by atoms with Crippen molar-refractivity contribution in [3.63, 3.8) is 0 Å². The van der Waals surface area contributed by atoms with E-state index in [1.54, 1.807) is 4.68 Å². The van der Waals surface area contributed by atoms with Gasteiger partial charge in [-0.15, -0.1) is 5.10 Å². The molecule has 4 rings (SSSR count). The van der Waals surface area contributed by atoms with Crippen LogP contribution in [0.25, 0.3) is 17.1 Å². The van der Waals surface area contributed by atoms with Gasteiger partial charge in [-0.2, -0.15) is 0 Å². The third-order valence-corrected chi connectivity index (χ3v) is 5.69. The van der Waals surface area contributed by atoms with E-state index < -0.39 is 0 Å². The first-order valence-corrected chi connectivity index (χ1v) is 10.5. The molecule has 0 radical (unpaired) electrons. The molecule has 5 nitrogen and oxygen atoms in total. The molecule has 1 amide bonds. The molecule has 0 saturated heterocycles. The summed E-state index contributed by atoms with van der Waals surface area (Å²) >= 11 is 6.24. The number of benzene rings is 2. The highest BCUT2D eigenvalue weighted by Gasteiger charge is 2.23. The summed E-state index contributed by atoms with van der Waals surface area (Å²) < 4.78 is 1.72. The number of carbonyl (C=O) groups excluding carboxylic acids is 1. The van der Waals surface area contributed by atoms with Gasteiger partial charge in [-0.3, -0.25) is 4.79 Å². The van der Waals surface area contributed by atoms with E-state index in [9.17, 15) is 4.79 Å². The van der Waals surface area contributed by atoms with E-state index in [4.69, 9.17) is 11.6 Å². The molecule has 1 aromatic heterocycles. The molecule has 0 spiro atoms. The van der Waals surface area contributed by atoms with Gasteiger partial charge in [0.2, 0.25) is 5.82 Å². The van der Waals surface area contributed by atoms with Crippen LogP contribution in [0.5, 0.6) is 0 Å². The van der Waals surface area contributed by atoms with E-state index in [0.29, 0.717) is 10.8 Å². The van der Waals surface area contributed by atoms with E-state index in [2.05, 4.69) is 15.4 Å². The third kappa shape index (κ3) is 4.35. The largest absolute Gasteiger partial charge is 0.347 e. The maximum absolute atomic E-state index is 12.9. The lowest BCUT2D eigenvalue weighted by atomic mass is 9.95. The number of carbonyl (C=O) groups is 1. The Morgan fingerprint density at radius 2 is 1.79 bits per heavy atom. The molecule has 1 fully saturated rings. The van der Waals surface area contributed by atoms with Gasteiger partial charge in [0.1, 0.15) is 0 Å². The molecule has 2 aromatic carbocycles. The topological polar surface area (TPSA) is 59.8 Å². The predicted molar refractivity (Wildman–Crippen MR) is 116 cm³/mol. The van der Waals surface area contributed by atoms with Crippen molar-refractivity contribution in [2.45, 2.75) is 52.0 Å². The van der Waals surface area contributed by atoms with Crippen LogP contribution in [-0.4, -0.2) is 26.7 Å². The number of aromatic nitrogens is 3. The van der Waals surface area contributed by atoms with Gasteiger partial charge in [0.05, 0.1) is 5.69 Å². The second-order valence-corrected chi connectivity index (χ2v) is 8.21. The molecular weight excluding hydrogens is 384 g/mol. The van der Waals surface area contributed by atoms with Crippen molar-refractivity contribution in [3.05, 3.63) is 64.4 Å². The molecule has 1 heterocycles. The summed E-state index contributed by atoms with van der Waals surface area (Å²) in [5.41, 5.74) is 3.89. The Bertz CT molecular complexity index is 1020. The minimum Gasteiger partial charge on any atom is -0.347 e. The number of hydrogen-bond acceptors (Lipinski definition) is 3. The highest BCUT2D eigenvalue weighted by Crippen LogP contribution is 2.26. The molecule has 3 aromatic rings. The average Bonchev–Trinajstić information content (AvgIpc) is 3.16. The van der Waals surface area contributed by atoms with Crippen molar-refractivity contribution in [2.24, 2.45) is 0 Å². The quantitative estimate of drug-likeness (QED) is 0.639. The zero-order valence-corrected chi connectivity index (χ0v) is 17.5. The fraction of sp³-hybridized carbons (Fsp3) is 0.348. The zero-order valence-electron chi connectivity index (χ0n) is 16.8. The Labute approximate surface area is 176 Å². The van der Waals surface area contributed by atoms with Gasteiger partial charge in [-0.25, -0.2) is 9.67 Å². The Morgan fingerprint density at radius 3 is 2.52 bits per heavy atom. The summed E-state index contributed by atoms with van der Waals surface area (Å²) in [6, 6.07) is 13.9. The van der Waals surface area contributed by atoms with Crippen LogP contribution in [0.2, 0.25) is 5.02 Å². The van der Waals surface area contributed by atoms with Gasteiger partial charge in [-0.05, 0) is 44.4 Å². The summed E-state index contributed by atoms with van der Waals surface area (Å²) in [7, 11) is 0. The van der Waals surface area contributed by atoms with Gasteiger partial charge < -0.3 is 5.32 Å². The van der Waals surface area contributed by atoms with Crippen LogP contribution in [0.3, 0.4) is 0 Å². The molecule has 150 valence electrons. The molecule has 29 heavy (non-hydrogen) atoms. The van der Waals surface area contributed by atoms with Crippen LogP contribution in [0.4, 0.5) is 0 Å². The Balaban J connectivity index is 1.75. The molecule has 1 aliphatic rings. The number of hydrogen-bond donors (Lipinski definition) is 1. The molecule has 1 N–H and O–H groups in total. The number of nitrogens with zero attached hydrogens (tertiary/aromatic N) is 3. The zero-order chi connectivity index (χ0) is 20.4. The van der Waals surface area contributed by atoms with Crippen molar-refractivity contribution >= 4 is 17.5 Å². The lowest BCUT2D eigenvalue weighted by Gasteiger charge is -2.21. The number of amides is 1. The average molecular weight is 409 g/mol. The molecule has 0 atom stereocenters. The van der Waals surface area contributed by atoms with Crippen molar-refractivity contribution in [1.82, 2.24) is 20.1 Å². The second-order valence-electron chi connectivity index (χ2n) is 7.78. The maximum Gasteiger partial charge on any atom is 0.291 e. The van der Waals surface area contributed by atoms with Gasteiger partial charge in [0.15, 0.2) is 5.82 Å². The third-order valence-electron chi connectivity index (χ3n) is 5.46. The number of halogens is 1. The van der Waals surface area contributed by atoms with Gasteiger partial charge in [0.25, 0.3) is 5.91 Å². The van der Waals surface area contributed by atoms with Crippen LogP contribution in [0.15, 0.2) is 42.5 Å². The highest BCUT2D eigenvalue weighted by atomic mass is 35.5. The molecule has 6 heteroatoms. The minimum atomic E-state index is -0.219. The van der Waals surface area contributed by atoms with Crippen molar-refractivity contribution in [3.8, 4) is 17.1 Å². The fourth-order valence-electron chi connectivity index (χ4n) is 3.77. The first-order valence-electron chi connectivity index (χ1n) is 10.1. The number of nitrogens with one attached hydrogen (secondary N) is 1. The summed E-state index contributed by atoms with van der Waals surface area (Å²) in [6.07, 6.45) is 5.59. The summed E-state index contributed by atoms with van der Waals surface area (Å²) in [5, 5.41) is 8.31. The van der Waals surface area contributed by atoms with Crippen molar-refractivity contribution in [2.75, 3.05) is 0 Å². The molecule has 0 aliphatic heterocycles. The summed E-state index contributed by atoms with van der Waals surface area (Å²) in [4.78, 5) is 17.5. The van der Waals surface area contributed by atoms with Gasteiger partial charge >= 0.3 is 0 Å². The molecule has 0 bridgehead atoms. The van der Waals surface area contributed by atoms with Gasteiger partial charge in [-0.1, -0.05) is 66.8 Å². The Kier molecular flexibility index (Phi) is 5.67. The maximum atomic E-state index is 12.9. The molecule has 1 aliphatic carbocycles. The Morgan fingerprint density at radius 1 is 1.07 bits per heavy atom. The van der Waals surface area contributed by atoms with Crippen LogP contribution in [-0.2, 0) is 0 Å². The van der Waals surface area contributed by atoms with Crippen LogP contribution >= 0.6 is 11.6 Å². The fourth-order valence-corrected chi connectivity index (χ4v) is 3.94. The van der Waals surface area contributed by atoms with Crippen molar-refractivity contribution in [1.29, 1.82) is 0 Å².